The lowest BCUT2D eigenvalue weighted by Gasteiger charge is -2.13. The number of halogens is 2. The lowest BCUT2D eigenvalue weighted by atomic mass is 10.0. The molecule has 0 radical (unpaired) electrons. The molecule has 0 bridgehead atoms. The number of ether oxygens (including phenoxy) is 1. The third kappa shape index (κ3) is 3.56. The third-order valence-corrected chi connectivity index (χ3v) is 3.86. The average Bonchev–Trinajstić information content (AvgIpc) is 2.37. The van der Waals surface area contributed by atoms with Crippen LogP contribution in [0.2, 0.25) is 0 Å². The minimum absolute atomic E-state index is 0.0395. The summed E-state index contributed by atoms with van der Waals surface area (Å²) in [5.74, 6) is -0.154. The molecule has 98 valence electrons. The van der Waals surface area contributed by atoms with Gasteiger partial charge in [0.25, 0.3) is 0 Å². The lowest BCUT2D eigenvalue weighted by molar-refractivity contribution is -0.116. The highest BCUT2D eigenvalue weighted by atomic mass is 79.9. The van der Waals surface area contributed by atoms with Gasteiger partial charge in [0, 0.05) is 5.88 Å². The Hall–Kier alpha value is -0.870. The summed E-state index contributed by atoms with van der Waals surface area (Å²) in [6, 6.07) is 5.04. The molecule has 0 saturated carbocycles. The molecule has 0 heterocycles. The Morgan fingerprint density at radius 1 is 1.44 bits per heavy atom. The van der Waals surface area contributed by atoms with Crippen LogP contribution in [0.3, 0.4) is 0 Å². The molecule has 0 spiro atoms. The Kier molecular flexibility index (Phi) is 5.82. The van der Waals surface area contributed by atoms with Gasteiger partial charge in [-0.3, -0.25) is 4.79 Å². The topological polar surface area (TPSA) is 43.4 Å². The van der Waals surface area contributed by atoms with E-state index in [-0.39, 0.29) is 11.7 Å². The van der Waals surface area contributed by atoms with E-state index in [0.717, 1.165) is 5.56 Å². The molecule has 3 nitrogen and oxygen atoms in total. The minimum atomic E-state index is -0.458. The van der Waals surface area contributed by atoms with E-state index in [2.05, 4.69) is 15.9 Å². The van der Waals surface area contributed by atoms with Gasteiger partial charge in [-0.05, 0) is 37.1 Å². The molecule has 1 unspecified atom stereocenters. The largest absolute Gasteiger partial charge is 0.462 e. The Bertz CT molecular complexity index is 460. The normalized spacial score (nSPS) is 12.0. The van der Waals surface area contributed by atoms with Gasteiger partial charge in [-0.2, -0.15) is 0 Å². The van der Waals surface area contributed by atoms with Crippen molar-refractivity contribution in [2.45, 2.75) is 24.6 Å². The van der Waals surface area contributed by atoms with Crippen LogP contribution in [-0.2, 0) is 15.4 Å². The number of Topliss-reactive ketones (excluding diaryl/α,β-unsaturated/α-hetero) is 1. The predicted octanol–water partition coefficient (Wildman–Crippen LogP) is 3.63. The Morgan fingerprint density at radius 2 is 2.11 bits per heavy atom. The number of rotatable bonds is 5. The number of esters is 1. The molecule has 0 saturated heterocycles. The molecule has 1 rings (SSSR count). The number of hydrogen-bond donors (Lipinski definition) is 0. The predicted molar refractivity (Wildman–Crippen MR) is 74.3 cm³/mol. The number of alkyl halides is 2. The van der Waals surface area contributed by atoms with Crippen LogP contribution >= 0.6 is 27.5 Å². The Morgan fingerprint density at radius 3 is 2.61 bits per heavy atom. The first-order valence-electron chi connectivity index (χ1n) is 5.51. The van der Waals surface area contributed by atoms with E-state index in [1.165, 1.54) is 6.92 Å². The zero-order chi connectivity index (χ0) is 13.7. The summed E-state index contributed by atoms with van der Waals surface area (Å²) >= 11 is 9.13. The summed E-state index contributed by atoms with van der Waals surface area (Å²) in [5.41, 5.74) is 1.95. The smallest absolute Gasteiger partial charge is 0.338 e. The number of carbonyl (C=O) groups excluding carboxylic acids is 2. The summed E-state index contributed by atoms with van der Waals surface area (Å²) in [7, 11) is 0. The Balaban J connectivity index is 3.17. The van der Waals surface area contributed by atoms with Crippen LogP contribution in [0.1, 0.15) is 40.2 Å². The molecular weight excluding hydrogens is 319 g/mol. The third-order valence-electron chi connectivity index (χ3n) is 2.43. The quantitative estimate of drug-likeness (QED) is 0.610. The molecule has 1 aromatic carbocycles. The summed E-state index contributed by atoms with van der Waals surface area (Å²) in [6.07, 6.45) is 0. The van der Waals surface area contributed by atoms with Gasteiger partial charge >= 0.3 is 5.97 Å². The fourth-order valence-corrected chi connectivity index (χ4v) is 2.18. The lowest BCUT2D eigenvalue weighted by Crippen LogP contribution is -2.09. The summed E-state index contributed by atoms with van der Waals surface area (Å²) in [6.45, 7) is 3.54. The van der Waals surface area contributed by atoms with Crippen molar-refractivity contribution in [2.24, 2.45) is 0 Å². The first-order valence-corrected chi connectivity index (χ1v) is 6.96. The van der Waals surface area contributed by atoms with E-state index in [4.69, 9.17) is 16.3 Å². The van der Waals surface area contributed by atoms with Gasteiger partial charge < -0.3 is 4.74 Å². The van der Waals surface area contributed by atoms with Gasteiger partial charge in [0.05, 0.1) is 17.0 Å². The van der Waals surface area contributed by atoms with Gasteiger partial charge in [-0.1, -0.05) is 22.0 Å². The van der Waals surface area contributed by atoms with Crippen LogP contribution in [0, 0.1) is 0 Å². The molecule has 0 aromatic heterocycles. The minimum Gasteiger partial charge on any atom is -0.462 e. The second-order valence-electron chi connectivity index (χ2n) is 3.74. The molecule has 0 aliphatic carbocycles. The fraction of sp³-hybridized carbons (Fsp3) is 0.385. The second kappa shape index (κ2) is 6.90. The average molecular weight is 334 g/mol. The number of carbonyl (C=O) groups is 2. The maximum Gasteiger partial charge on any atom is 0.338 e. The SMILES string of the molecule is CCOC(=O)c1ccc(CCl)c(C(Br)C(C)=O)c1. The van der Waals surface area contributed by atoms with Gasteiger partial charge in [-0.15, -0.1) is 11.6 Å². The van der Waals surface area contributed by atoms with Crippen molar-refractivity contribution in [3.63, 3.8) is 0 Å². The van der Waals surface area contributed by atoms with E-state index in [1.807, 2.05) is 0 Å². The van der Waals surface area contributed by atoms with Gasteiger partial charge in [0.2, 0.25) is 0 Å². The van der Waals surface area contributed by atoms with Gasteiger partial charge in [0.15, 0.2) is 0 Å². The molecule has 5 heteroatoms. The highest BCUT2D eigenvalue weighted by Crippen LogP contribution is 2.29. The number of ketones is 1. The van der Waals surface area contributed by atoms with Crippen molar-refractivity contribution in [2.75, 3.05) is 6.61 Å². The molecule has 0 aliphatic rings. The van der Waals surface area contributed by atoms with E-state index in [0.29, 0.717) is 17.7 Å². The van der Waals surface area contributed by atoms with Crippen molar-refractivity contribution in [1.29, 1.82) is 0 Å². The zero-order valence-corrected chi connectivity index (χ0v) is 12.5. The standard InChI is InChI=1S/C13H14BrClO3/c1-3-18-13(17)9-4-5-10(7-15)11(6-9)12(14)8(2)16/h4-6,12H,3,7H2,1-2H3. The van der Waals surface area contributed by atoms with Crippen molar-refractivity contribution < 1.29 is 14.3 Å². The molecule has 18 heavy (non-hydrogen) atoms. The number of benzene rings is 1. The Labute approximate surface area is 120 Å². The highest BCUT2D eigenvalue weighted by molar-refractivity contribution is 9.09. The maximum atomic E-state index is 11.6. The van der Waals surface area contributed by atoms with E-state index in [9.17, 15) is 9.59 Å². The van der Waals surface area contributed by atoms with Crippen molar-refractivity contribution in [3.8, 4) is 0 Å². The van der Waals surface area contributed by atoms with Crippen LogP contribution in [0.4, 0.5) is 0 Å². The molecule has 0 fully saturated rings. The summed E-state index contributed by atoms with van der Waals surface area (Å²) < 4.78 is 4.92. The van der Waals surface area contributed by atoms with Crippen LogP contribution in [0.15, 0.2) is 18.2 Å². The highest BCUT2D eigenvalue weighted by Gasteiger charge is 2.18. The summed E-state index contributed by atoms with van der Waals surface area (Å²) in [5, 5.41) is 0. The van der Waals surface area contributed by atoms with E-state index < -0.39 is 10.8 Å². The molecule has 0 aliphatic heterocycles. The van der Waals surface area contributed by atoms with Crippen LogP contribution in [0.5, 0.6) is 0 Å². The van der Waals surface area contributed by atoms with Crippen molar-refractivity contribution in [1.82, 2.24) is 0 Å². The monoisotopic (exact) mass is 332 g/mol. The fourth-order valence-electron chi connectivity index (χ4n) is 1.51. The zero-order valence-electron chi connectivity index (χ0n) is 10.2. The molecular formula is C13H14BrClO3. The van der Waals surface area contributed by atoms with E-state index >= 15 is 0 Å². The first kappa shape index (κ1) is 15.2. The second-order valence-corrected chi connectivity index (χ2v) is 4.92. The molecule has 0 amide bonds. The van der Waals surface area contributed by atoms with Crippen molar-refractivity contribution >= 4 is 39.3 Å². The van der Waals surface area contributed by atoms with Crippen LogP contribution < -0.4 is 0 Å². The van der Waals surface area contributed by atoms with Crippen LogP contribution in [0.25, 0.3) is 0 Å². The van der Waals surface area contributed by atoms with Gasteiger partial charge in [0.1, 0.15) is 5.78 Å². The maximum absolute atomic E-state index is 11.6. The molecule has 0 N–H and O–H groups in total. The van der Waals surface area contributed by atoms with E-state index in [1.54, 1.807) is 25.1 Å². The van der Waals surface area contributed by atoms with Gasteiger partial charge in [-0.25, -0.2) is 4.79 Å². The molecule has 1 atom stereocenters. The number of hydrogen-bond acceptors (Lipinski definition) is 3. The molecule has 1 aromatic rings. The van der Waals surface area contributed by atoms with Crippen LogP contribution in [-0.4, -0.2) is 18.4 Å². The summed E-state index contributed by atoms with van der Waals surface area (Å²) in [4.78, 5) is 22.6. The first-order chi connectivity index (χ1) is 8.51. The van der Waals surface area contributed by atoms with Crippen molar-refractivity contribution in [3.05, 3.63) is 34.9 Å².